The van der Waals surface area contributed by atoms with Crippen molar-refractivity contribution in [3.8, 4) is 5.75 Å². The first-order valence-electron chi connectivity index (χ1n) is 5.12. The summed E-state index contributed by atoms with van der Waals surface area (Å²) < 4.78 is 33.8. The highest BCUT2D eigenvalue weighted by Gasteiger charge is 2.15. The molecule has 0 saturated heterocycles. The van der Waals surface area contributed by atoms with Crippen molar-refractivity contribution in [2.24, 2.45) is 0 Å². The van der Waals surface area contributed by atoms with Crippen molar-refractivity contribution in [1.82, 2.24) is 0 Å². The molecule has 0 saturated carbocycles. The Morgan fingerprint density at radius 1 is 1.50 bits per heavy atom. The van der Waals surface area contributed by atoms with Gasteiger partial charge in [0.05, 0.1) is 18.7 Å². The molecule has 0 heterocycles. The molecule has 2 N–H and O–H groups in total. The van der Waals surface area contributed by atoms with E-state index < -0.39 is 12.6 Å². The number of benzene rings is 1. The summed E-state index contributed by atoms with van der Waals surface area (Å²) in [6, 6.07) is 2.88. The molecule has 4 nitrogen and oxygen atoms in total. The standard InChI is InChI=1S/C11H12BrF2NO3/c1-2-17-9(16)4-6-3-7(12)5-8(10(6)15)18-11(13)14/h3,5,11H,2,4,15H2,1H3. The number of carbonyl (C=O) groups is 1. The normalized spacial score (nSPS) is 10.5. The molecule has 0 amide bonds. The van der Waals surface area contributed by atoms with Crippen molar-refractivity contribution in [1.29, 1.82) is 0 Å². The average Bonchev–Trinajstić information content (AvgIpc) is 2.24. The average molecular weight is 324 g/mol. The Bertz CT molecular complexity index is 441. The lowest BCUT2D eigenvalue weighted by atomic mass is 10.1. The second kappa shape index (κ2) is 6.53. The van der Waals surface area contributed by atoms with Crippen molar-refractivity contribution >= 4 is 27.6 Å². The van der Waals surface area contributed by atoms with E-state index >= 15 is 0 Å². The van der Waals surface area contributed by atoms with Gasteiger partial charge in [-0.3, -0.25) is 4.79 Å². The molecule has 18 heavy (non-hydrogen) atoms. The molecule has 0 atom stereocenters. The van der Waals surface area contributed by atoms with E-state index in [0.29, 0.717) is 10.0 Å². The minimum atomic E-state index is -2.97. The van der Waals surface area contributed by atoms with Crippen LogP contribution < -0.4 is 10.5 Å². The fourth-order valence-corrected chi connectivity index (χ4v) is 1.84. The Hall–Kier alpha value is -1.37. The Morgan fingerprint density at radius 2 is 2.17 bits per heavy atom. The number of rotatable bonds is 5. The molecule has 0 unspecified atom stereocenters. The number of halogens is 3. The van der Waals surface area contributed by atoms with Gasteiger partial charge in [-0.2, -0.15) is 8.78 Å². The summed E-state index contributed by atoms with van der Waals surface area (Å²) in [6.45, 7) is -1.06. The van der Waals surface area contributed by atoms with Crippen LogP contribution in [0.15, 0.2) is 16.6 Å². The zero-order chi connectivity index (χ0) is 13.7. The molecule has 0 fully saturated rings. The van der Waals surface area contributed by atoms with Crippen molar-refractivity contribution < 1.29 is 23.0 Å². The van der Waals surface area contributed by atoms with Gasteiger partial charge in [-0.05, 0) is 24.6 Å². The van der Waals surface area contributed by atoms with Gasteiger partial charge in [-0.25, -0.2) is 0 Å². The molecular formula is C11H12BrF2NO3. The lowest BCUT2D eigenvalue weighted by molar-refractivity contribution is -0.142. The Morgan fingerprint density at radius 3 is 2.72 bits per heavy atom. The van der Waals surface area contributed by atoms with Gasteiger partial charge in [0.15, 0.2) is 0 Å². The van der Waals surface area contributed by atoms with E-state index in [1.54, 1.807) is 13.0 Å². The molecule has 100 valence electrons. The van der Waals surface area contributed by atoms with E-state index in [1.165, 1.54) is 6.07 Å². The highest BCUT2D eigenvalue weighted by Crippen LogP contribution is 2.31. The van der Waals surface area contributed by atoms with Gasteiger partial charge in [0, 0.05) is 4.47 Å². The van der Waals surface area contributed by atoms with Crippen LogP contribution in [0.5, 0.6) is 5.75 Å². The third kappa shape index (κ3) is 4.14. The van der Waals surface area contributed by atoms with Gasteiger partial charge >= 0.3 is 12.6 Å². The first-order chi connectivity index (χ1) is 8.43. The molecule has 1 aromatic carbocycles. The summed E-state index contributed by atoms with van der Waals surface area (Å²) >= 11 is 3.13. The molecule has 0 radical (unpaired) electrons. The molecule has 0 aliphatic rings. The highest BCUT2D eigenvalue weighted by molar-refractivity contribution is 9.10. The number of hydrogen-bond acceptors (Lipinski definition) is 4. The second-order valence-corrected chi connectivity index (χ2v) is 4.25. The number of nitrogens with two attached hydrogens (primary N) is 1. The Balaban J connectivity index is 2.97. The number of hydrogen-bond donors (Lipinski definition) is 1. The van der Waals surface area contributed by atoms with E-state index in [-0.39, 0.29) is 24.5 Å². The predicted octanol–water partition coefficient (Wildman–Crippen LogP) is 2.74. The number of nitrogen functional groups attached to an aromatic ring is 1. The van der Waals surface area contributed by atoms with Crippen LogP contribution in [0.1, 0.15) is 12.5 Å². The van der Waals surface area contributed by atoms with Crippen molar-refractivity contribution in [2.75, 3.05) is 12.3 Å². The molecule has 0 aromatic heterocycles. The van der Waals surface area contributed by atoms with Gasteiger partial charge in [0.1, 0.15) is 5.75 Å². The molecule has 1 rings (SSSR count). The zero-order valence-electron chi connectivity index (χ0n) is 9.58. The molecule has 0 aliphatic heterocycles. The van der Waals surface area contributed by atoms with Crippen molar-refractivity contribution in [3.63, 3.8) is 0 Å². The van der Waals surface area contributed by atoms with Gasteiger partial charge in [-0.1, -0.05) is 15.9 Å². The highest BCUT2D eigenvalue weighted by atomic mass is 79.9. The maximum Gasteiger partial charge on any atom is 0.387 e. The number of ether oxygens (including phenoxy) is 2. The smallest absolute Gasteiger partial charge is 0.387 e. The third-order valence-corrected chi connectivity index (χ3v) is 2.51. The number of alkyl halides is 2. The van der Waals surface area contributed by atoms with Crippen LogP contribution in [0.25, 0.3) is 0 Å². The fraction of sp³-hybridized carbons (Fsp3) is 0.364. The quantitative estimate of drug-likeness (QED) is 0.668. The monoisotopic (exact) mass is 323 g/mol. The van der Waals surface area contributed by atoms with Crippen molar-refractivity contribution in [3.05, 3.63) is 22.2 Å². The lowest BCUT2D eigenvalue weighted by Crippen LogP contribution is -2.11. The number of carbonyl (C=O) groups excluding carboxylic acids is 1. The topological polar surface area (TPSA) is 61.5 Å². The maximum absolute atomic E-state index is 12.2. The van der Waals surface area contributed by atoms with Crippen LogP contribution >= 0.6 is 15.9 Å². The molecular weight excluding hydrogens is 312 g/mol. The van der Waals surface area contributed by atoms with E-state index in [0.717, 1.165) is 0 Å². The van der Waals surface area contributed by atoms with E-state index in [9.17, 15) is 13.6 Å². The molecule has 0 aliphatic carbocycles. The van der Waals surface area contributed by atoms with E-state index in [4.69, 9.17) is 10.5 Å². The summed E-state index contributed by atoms with van der Waals surface area (Å²) in [7, 11) is 0. The lowest BCUT2D eigenvalue weighted by Gasteiger charge is -2.12. The van der Waals surface area contributed by atoms with Crippen LogP contribution in [-0.4, -0.2) is 19.2 Å². The summed E-state index contributed by atoms with van der Waals surface area (Å²) in [6.07, 6.45) is -0.0985. The van der Waals surface area contributed by atoms with Gasteiger partial charge in [-0.15, -0.1) is 0 Å². The van der Waals surface area contributed by atoms with Crippen LogP contribution in [0.4, 0.5) is 14.5 Å². The number of esters is 1. The van der Waals surface area contributed by atoms with Crippen LogP contribution in [0.3, 0.4) is 0 Å². The SMILES string of the molecule is CCOC(=O)Cc1cc(Br)cc(OC(F)F)c1N. The summed E-state index contributed by atoms with van der Waals surface area (Å²) in [4.78, 5) is 11.3. The van der Waals surface area contributed by atoms with Gasteiger partial charge in [0.2, 0.25) is 0 Å². The summed E-state index contributed by atoms with van der Waals surface area (Å²) in [5.74, 6) is -0.649. The first kappa shape index (κ1) is 14.7. The minimum Gasteiger partial charge on any atom is -0.466 e. The van der Waals surface area contributed by atoms with E-state index in [2.05, 4.69) is 20.7 Å². The number of anilines is 1. The largest absolute Gasteiger partial charge is 0.466 e. The Labute approximate surface area is 111 Å². The van der Waals surface area contributed by atoms with Crippen LogP contribution in [0, 0.1) is 0 Å². The fourth-order valence-electron chi connectivity index (χ4n) is 1.35. The zero-order valence-corrected chi connectivity index (χ0v) is 11.2. The second-order valence-electron chi connectivity index (χ2n) is 3.34. The van der Waals surface area contributed by atoms with Gasteiger partial charge < -0.3 is 15.2 Å². The third-order valence-electron chi connectivity index (χ3n) is 2.05. The van der Waals surface area contributed by atoms with E-state index in [1.807, 2.05) is 0 Å². The molecule has 7 heteroatoms. The van der Waals surface area contributed by atoms with Gasteiger partial charge in [0.25, 0.3) is 0 Å². The predicted molar refractivity (Wildman–Crippen MR) is 65.5 cm³/mol. The summed E-state index contributed by atoms with van der Waals surface area (Å²) in [5.41, 5.74) is 6.04. The van der Waals surface area contributed by atoms with Crippen LogP contribution in [-0.2, 0) is 16.0 Å². The first-order valence-corrected chi connectivity index (χ1v) is 5.91. The minimum absolute atomic E-state index is 0.00607. The molecule has 1 aromatic rings. The molecule has 0 bridgehead atoms. The summed E-state index contributed by atoms with van der Waals surface area (Å²) in [5, 5.41) is 0. The van der Waals surface area contributed by atoms with Crippen molar-refractivity contribution in [2.45, 2.75) is 20.0 Å². The van der Waals surface area contributed by atoms with Crippen LogP contribution in [0.2, 0.25) is 0 Å². The Kier molecular flexibility index (Phi) is 5.33. The molecule has 0 spiro atoms. The maximum atomic E-state index is 12.2.